The molecule has 0 unspecified atom stereocenters. The zero-order valence-electron chi connectivity index (χ0n) is 9.40. The topological polar surface area (TPSA) is 128 Å². The molecule has 0 saturated heterocycles. The zero-order chi connectivity index (χ0) is 14.0. The number of hydrogen-bond donors (Lipinski definition) is 2. The summed E-state index contributed by atoms with van der Waals surface area (Å²) in [6.07, 6.45) is 2.81. The molecule has 0 saturated carbocycles. The van der Waals surface area contributed by atoms with Crippen LogP contribution in [0, 0.1) is 10.1 Å². The van der Waals surface area contributed by atoms with Gasteiger partial charge in [0.05, 0.1) is 17.4 Å². The van der Waals surface area contributed by atoms with Crippen LogP contribution in [0.5, 0.6) is 0 Å². The van der Waals surface area contributed by atoms with Crippen LogP contribution in [0.15, 0.2) is 33.3 Å². The van der Waals surface area contributed by atoms with Crippen molar-refractivity contribution >= 4 is 32.0 Å². The fourth-order valence-electron chi connectivity index (χ4n) is 1.29. The minimum Gasteiger partial charge on any atom is -0.472 e. The summed E-state index contributed by atoms with van der Waals surface area (Å²) in [4.78, 5) is 9.89. The number of nitro groups is 1. The van der Waals surface area contributed by atoms with Crippen molar-refractivity contribution in [2.75, 3.05) is 5.73 Å². The summed E-state index contributed by atoms with van der Waals surface area (Å²) in [5.41, 5.74) is 5.63. The first-order valence-corrected chi connectivity index (χ1v) is 7.24. The summed E-state index contributed by atoms with van der Waals surface area (Å²) in [7, 11) is -3.83. The minimum absolute atomic E-state index is 0.0322. The molecule has 0 bridgehead atoms. The van der Waals surface area contributed by atoms with Crippen LogP contribution in [-0.4, -0.2) is 13.3 Å². The number of sulfonamides is 1. The molecule has 0 aliphatic heterocycles. The van der Waals surface area contributed by atoms with Gasteiger partial charge in [-0.3, -0.25) is 10.1 Å². The Bertz CT molecular complexity index is 690. The Kier molecular flexibility index (Phi) is 3.55. The molecule has 2 heterocycles. The van der Waals surface area contributed by atoms with E-state index in [1.807, 2.05) is 0 Å². The van der Waals surface area contributed by atoms with Crippen LogP contribution < -0.4 is 10.5 Å². The predicted octanol–water partition coefficient (Wildman–Crippen LogP) is 1.31. The maximum absolute atomic E-state index is 11.9. The molecule has 8 nitrogen and oxygen atoms in total. The molecule has 2 aromatic rings. The van der Waals surface area contributed by atoms with E-state index in [2.05, 4.69) is 4.72 Å². The average molecular weight is 303 g/mol. The molecule has 0 atom stereocenters. The Balaban J connectivity index is 2.20. The molecule has 2 aromatic heterocycles. The summed E-state index contributed by atoms with van der Waals surface area (Å²) in [5.74, 6) is 0. The van der Waals surface area contributed by atoms with Gasteiger partial charge in [0.2, 0.25) is 0 Å². The Morgan fingerprint density at radius 3 is 2.79 bits per heavy atom. The van der Waals surface area contributed by atoms with Crippen molar-refractivity contribution in [3.63, 3.8) is 0 Å². The predicted molar refractivity (Wildman–Crippen MR) is 68.1 cm³/mol. The molecule has 3 N–H and O–H groups in total. The summed E-state index contributed by atoms with van der Waals surface area (Å²) < 4.78 is 30.7. The largest absolute Gasteiger partial charge is 0.472 e. The van der Waals surface area contributed by atoms with Gasteiger partial charge in [-0.2, -0.15) is 0 Å². The van der Waals surface area contributed by atoms with E-state index in [1.165, 1.54) is 12.5 Å². The number of rotatable bonds is 5. The summed E-state index contributed by atoms with van der Waals surface area (Å²) in [5, 5.41) is 10.5. The van der Waals surface area contributed by atoms with E-state index in [9.17, 15) is 18.5 Å². The molecule has 0 radical (unpaired) electrons. The highest BCUT2D eigenvalue weighted by molar-refractivity contribution is 7.91. The van der Waals surface area contributed by atoms with Gasteiger partial charge in [-0.1, -0.05) is 11.3 Å². The minimum atomic E-state index is -3.83. The molecule has 0 aliphatic carbocycles. The van der Waals surface area contributed by atoms with Gasteiger partial charge in [0, 0.05) is 18.2 Å². The van der Waals surface area contributed by atoms with Crippen LogP contribution in [0.2, 0.25) is 0 Å². The molecule has 2 rings (SSSR count). The highest BCUT2D eigenvalue weighted by atomic mass is 32.2. The van der Waals surface area contributed by atoms with Crippen molar-refractivity contribution in [1.82, 2.24) is 4.72 Å². The first-order valence-electron chi connectivity index (χ1n) is 4.94. The number of nitrogens with two attached hydrogens (primary N) is 1. The third-order valence-electron chi connectivity index (χ3n) is 2.23. The van der Waals surface area contributed by atoms with E-state index in [4.69, 9.17) is 10.2 Å². The van der Waals surface area contributed by atoms with Crippen LogP contribution in [0.1, 0.15) is 5.56 Å². The molecule has 0 aliphatic rings. The normalized spacial score (nSPS) is 11.6. The summed E-state index contributed by atoms with van der Waals surface area (Å²) in [6.45, 7) is 0.0322. The van der Waals surface area contributed by atoms with E-state index in [0.717, 1.165) is 6.07 Å². The van der Waals surface area contributed by atoms with Gasteiger partial charge in [-0.05, 0) is 6.07 Å². The Morgan fingerprint density at radius 2 is 2.26 bits per heavy atom. The Labute approximate surface area is 112 Å². The van der Waals surface area contributed by atoms with Crippen molar-refractivity contribution in [2.45, 2.75) is 10.8 Å². The zero-order valence-corrected chi connectivity index (χ0v) is 11.0. The molecule has 19 heavy (non-hydrogen) atoms. The van der Waals surface area contributed by atoms with E-state index in [0.29, 0.717) is 16.9 Å². The van der Waals surface area contributed by atoms with E-state index in [-0.39, 0.29) is 15.8 Å². The van der Waals surface area contributed by atoms with Crippen molar-refractivity contribution in [3.8, 4) is 0 Å². The SMILES string of the molecule is Nc1sc(S(=O)(=O)NCc2ccoc2)cc1[N+](=O)[O-]. The molecule has 0 fully saturated rings. The lowest BCUT2D eigenvalue weighted by atomic mass is 10.4. The van der Waals surface area contributed by atoms with Crippen molar-refractivity contribution in [3.05, 3.63) is 40.3 Å². The van der Waals surface area contributed by atoms with Crippen LogP contribution in [0.3, 0.4) is 0 Å². The van der Waals surface area contributed by atoms with Crippen LogP contribution in [0.25, 0.3) is 0 Å². The number of anilines is 1. The standard InChI is InChI=1S/C9H9N3O5S2/c10-9-7(12(13)14)3-8(18-9)19(15,16)11-4-6-1-2-17-5-6/h1-3,5,11H,4,10H2. The van der Waals surface area contributed by atoms with Crippen LogP contribution in [0.4, 0.5) is 10.7 Å². The quantitative estimate of drug-likeness (QED) is 0.633. The van der Waals surface area contributed by atoms with Gasteiger partial charge in [0.15, 0.2) is 5.00 Å². The highest BCUT2D eigenvalue weighted by Gasteiger charge is 2.24. The van der Waals surface area contributed by atoms with Gasteiger partial charge >= 0.3 is 5.69 Å². The van der Waals surface area contributed by atoms with Gasteiger partial charge in [0.1, 0.15) is 4.21 Å². The molecule has 10 heteroatoms. The Hall–Kier alpha value is -1.91. The number of hydrogen-bond acceptors (Lipinski definition) is 7. The molecule has 0 aromatic carbocycles. The van der Waals surface area contributed by atoms with Gasteiger partial charge < -0.3 is 10.2 Å². The monoisotopic (exact) mass is 303 g/mol. The van der Waals surface area contributed by atoms with E-state index in [1.54, 1.807) is 6.07 Å². The van der Waals surface area contributed by atoms with Gasteiger partial charge in [-0.25, -0.2) is 13.1 Å². The third kappa shape index (κ3) is 2.92. The second-order valence-electron chi connectivity index (χ2n) is 3.53. The highest BCUT2D eigenvalue weighted by Crippen LogP contribution is 2.34. The number of thiophene rings is 1. The number of nitrogens with one attached hydrogen (secondary N) is 1. The molecule has 0 spiro atoms. The van der Waals surface area contributed by atoms with Gasteiger partial charge in [-0.15, -0.1) is 0 Å². The van der Waals surface area contributed by atoms with Crippen molar-refractivity contribution in [1.29, 1.82) is 0 Å². The smallest absolute Gasteiger partial charge is 0.304 e. The second-order valence-corrected chi connectivity index (χ2v) is 6.61. The fraction of sp³-hybridized carbons (Fsp3) is 0.111. The molecular formula is C9H9N3O5S2. The van der Waals surface area contributed by atoms with Gasteiger partial charge in [0.25, 0.3) is 10.0 Å². The van der Waals surface area contributed by atoms with E-state index < -0.39 is 20.6 Å². The lowest BCUT2D eigenvalue weighted by Gasteiger charge is -2.01. The average Bonchev–Trinajstić information content (AvgIpc) is 2.95. The second kappa shape index (κ2) is 4.99. The van der Waals surface area contributed by atoms with Crippen molar-refractivity contribution < 1.29 is 17.8 Å². The molecule has 102 valence electrons. The maximum Gasteiger partial charge on any atom is 0.304 e. The number of nitrogens with zero attached hydrogens (tertiary/aromatic N) is 1. The Morgan fingerprint density at radius 1 is 1.53 bits per heavy atom. The number of furan rings is 1. The molecular weight excluding hydrogens is 294 g/mol. The fourth-order valence-corrected chi connectivity index (χ4v) is 3.57. The summed E-state index contributed by atoms with van der Waals surface area (Å²) >= 11 is 0.649. The first-order chi connectivity index (χ1) is 8.90. The number of nitrogen functional groups attached to an aromatic ring is 1. The third-order valence-corrected chi connectivity index (χ3v) is 5.05. The summed E-state index contributed by atoms with van der Waals surface area (Å²) in [6, 6.07) is 2.55. The molecule has 0 amide bonds. The maximum atomic E-state index is 11.9. The van der Waals surface area contributed by atoms with Crippen LogP contribution in [-0.2, 0) is 16.6 Å². The van der Waals surface area contributed by atoms with E-state index >= 15 is 0 Å². The first kappa shape index (κ1) is 13.5. The lowest BCUT2D eigenvalue weighted by Crippen LogP contribution is -2.22. The van der Waals surface area contributed by atoms with Crippen molar-refractivity contribution in [2.24, 2.45) is 0 Å². The lowest BCUT2D eigenvalue weighted by molar-refractivity contribution is -0.383. The van der Waals surface area contributed by atoms with Crippen LogP contribution >= 0.6 is 11.3 Å².